The lowest BCUT2D eigenvalue weighted by Gasteiger charge is -2.19. The topological polar surface area (TPSA) is 54.5 Å². The van der Waals surface area contributed by atoms with E-state index in [2.05, 4.69) is 0 Å². The summed E-state index contributed by atoms with van der Waals surface area (Å²) in [7, 11) is 1.39. The van der Waals surface area contributed by atoms with Gasteiger partial charge in [0.15, 0.2) is 0 Å². The molecule has 1 amide bonds. The molecule has 1 saturated heterocycles. The second-order valence-electron chi connectivity index (χ2n) is 4.02. The first-order valence-corrected chi connectivity index (χ1v) is 8.91. The quantitative estimate of drug-likeness (QED) is 0.528. The van der Waals surface area contributed by atoms with Crippen molar-refractivity contribution in [2.24, 2.45) is 0 Å². The Hall–Kier alpha value is -0.120. The summed E-state index contributed by atoms with van der Waals surface area (Å²) in [4.78, 5) is 12.9. The minimum Gasteiger partial charge on any atom is -0.307 e. The van der Waals surface area contributed by atoms with Gasteiger partial charge in [0.1, 0.15) is 11.1 Å². The van der Waals surface area contributed by atoms with Gasteiger partial charge in [-0.05, 0) is 34.7 Å². The molecule has 1 aliphatic rings. The van der Waals surface area contributed by atoms with Crippen LogP contribution in [0.25, 0.3) is 0 Å². The van der Waals surface area contributed by atoms with Crippen molar-refractivity contribution in [3.8, 4) is 0 Å². The van der Waals surface area contributed by atoms with Crippen LogP contribution in [0.2, 0.25) is 5.02 Å². The van der Waals surface area contributed by atoms with E-state index in [1.165, 1.54) is 6.07 Å². The minimum atomic E-state index is -3.85. The number of halogens is 4. The molecule has 1 fully saturated rings. The second kappa shape index (κ2) is 5.34. The molecule has 0 N–H and O–H groups in total. The maximum absolute atomic E-state index is 13.9. The Balaban J connectivity index is 2.42. The Morgan fingerprint density at radius 3 is 2.53 bits per heavy atom. The van der Waals surface area contributed by atoms with Crippen molar-refractivity contribution >= 4 is 65.5 Å². The van der Waals surface area contributed by atoms with Gasteiger partial charge in [-0.15, -0.1) is 0 Å². The first-order valence-electron chi connectivity index (χ1n) is 5.08. The molecule has 9 heteroatoms. The summed E-state index contributed by atoms with van der Waals surface area (Å²) >= 11 is 7.54. The molecule has 1 heterocycles. The highest BCUT2D eigenvalue weighted by Crippen LogP contribution is 2.34. The summed E-state index contributed by atoms with van der Waals surface area (Å²) in [6, 6.07) is 2.57. The van der Waals surface area contributed by atoms with Crippen LogP contribution in [-0.4, -0.2) is 26.1 Å². The van der Waals surface area contributed by atoms with E-state index >= 15 is 0 Å². The zero-order valence-corrected chi connectivity index (χ0v) is 13.7. The molecule has 1 atom stereocenters. The fourth-order valence-corrected chi connectivity index (χ4v) is 4.17. The predicted molar refractivity (Wildman–Crippen MR) is 79.7 cm³/mol. The average Bonchev–Trinajstić information content (AvgIpc) is 2.59. The molecule has 1 aromatic rings. The molecular weight excluding hydrogens is 431 g/mol. The van der Waals surface area contributed by atoms with E-state index in [9.17, 15) is 17.6 Å². The van der Waals surface area contributed by atoms with E-state index in [4.69, 9.17) is 22.3 Å². The van der Waals surface area contributed by atoms with Gasteiger partial charge in [-0.25, -0.2) is 12.8 Å². The molecule has 1 aliphatic heterocycles. The van der Waals surface area contributed by atoms with Crippen molar-refractivity contribution in [3.05, 3.63) is 26.5 Å². The van der Waals surface area contributed by atoms with Crippen LogP contribution in [0.1, 0.15) is 6.42 Å². The molecule has 0 radical (unpaired) electrons. The van der Waals surface area contributed by atoms with E-state index in [1.54, 1.807) is 0 Å². The standard InChI is InChI=1S/C10H7Cl2FINO3S/c11-5-1-7(13)10(8(14)2-5)15-4-6(3-9(15)16)19(12,17)18/h1-2,6H,3-4H2. The van der Waals surface area contributed by atoms with Crippen LogP contribution in [0, 0.1) is 9.39 Å². The molecule has 0 aromatic heterocycles. The Morgan fingerprint density at radius 1 is 1.42 bits per heavy atom. The van der Waals surface area contributed by atoms with Crippen molar-refractivity contribution < 1.29 is 17.6 Å². The van der Waals surface area contributed by atoms with Crippen molar-refractivity contribution in [1.82, 2.24) is 0 Å². The average molecular weight is 438 g/mol. The molecule has 0 aliphatic carbocycles. The zero-order valence-electron chi connectivity index (χ0n) is 9.24. The fraction of sp³-hybridized carbons (Fsp3) is 0.300. The molecule has 4 nitrogen and oxygen atoms in total. The van der Waals surface area contributed by atoms with Gasteiger partial charge in [-0.1, -0.05) is 11.6 Å². The van der Waals surface area contributed by atoms with E-state index in [0.717, 1.165) is 11.0 Å². The van der Waals surface area contributed by atoms with E-state index in [0.29, 0.717) is 3.57 Å². The highest BCUT2D eigenvalue weighted by Gasteiger charge is 2.39. The maximum atomic E-state index is 13.9. The normalized spacial score (nSPS) is 20.1. The van der Waals surface area contributed by atoms with Gasteiger partial charge in [-0.2, -0.15) is 0 Å². The number of anilines is 1. The fourth-order valence-electron chi connectivity index (χ4n) is 1.87. The van der Waals surface area contributed by atoms with Gasteiger partial charge < -0.3 is 4.90 Å². The van der Waals surface area contributed by atoms with E-state index < -0.39 is 26.0 Å². The lowest BCUT2D eigenvalue weighted by molar-refractivity contribution is -0.117. The first kappa shape index (κ1) is 15.3. The molecule has 0 spiro atoms. The van der Waals surface area contributed by atoms with Gasteiger partial charge in [0.2, 0.25) is 15.0 Å². The van der Waals surface area contributed by atoms with Gasteiger partial charge >= 0.3 is 0 Å². The molecule has 0 saturated carbocycles. The van der Waals surface area contributed by atoms with Crippen LogP contribution in [-0.2, 0) is 13.8 Å². The van der Waals surface area contributed by atoms with Gasteiger partial charge in [0.05, 0.1) is 5.69 Å². The lowest BCUT2D eigenvalue weighted by atomic mass is 10.3. The zero-order chi connectivity index (χ0) is 14.4. The number of benzene rings is 1. The van der Waals surface area contributed by atoms with Crippen LogP contribution in [0.5, 0.6) is 0 Å². The molecule has 1 aromatic carbocycles. The summed E-state index contributed by atoms with van der Waals surface area (Å²) in [5.74, 6) is -1.15. The summed E-state index contributed by atoms with van der Waals surface area (Å²) in [6.07, 6.45) is -0.246. The van der Waals surface area contributed by atoms with Crippen molar-refractivity contribution in [3.63, 3.8) is 0 Å². The number of amides is 1. The molecule has 1 unspecified atom stereocenters. The SMILES string of the molecule is O=C1CC(S(=O)(=O)Cl)CN1c1c(F)cc(Cl)cc1I. The van der Waals surface area contributed by atoms with E-state index in [1.807, 2.05) is 22.6 Å². The van der Waals surface area contributed by atoms with Crippen molar-refractivity contribution in [2.75, 3.05) is 11.4 Å². The van der Waals surface area contributed by atoms with Crippen molar-refractivity contribution in [2.45, 2.75) is 11.7 Å². The summed E-state index contributed by atoms with van der Waals surface area (Å²) in [5.41, 5.74) is 0.0396. The number of carbonyl (C=O) groups excluding carboxylic acids is 1. The smallest absolute Gasteiger partial charge is 0.237 e. The number of nitrogens with zero attached hydrogens (tertiary/aromatic N) is 1. The van der Waals surface area contributed by atoms with Crippen molar-refractivity contribution in [1.29, 1.82) is 0 Å². The molecule has 2 rings (SSSR count). The van der Waals surface area contributed by atoms with Crippen LogP contribution >= 0.6 is 44.9 Å². The third-order valence-corrected chi connectivity index (χ3v) is 5.65. The summed E-state index contributed by atoms with van der Waals surface area (Å²) in [5, 5.41) is -0.814. The number of hydrogen-bond donors (Lipinski definition) is 0. The molecule has 0 bridgehead atoms. The Bertz CT molecular complexity index is 629. The maximum Gasteiger partial charge on any atom is 0.237 e. The third kappa shape index (κ3) is 3.14. The molecular formula is C10H7Cl2FINO3S. The minimum absolute atomic E-state index is 0.0396. The van der Waals surface area contributed by atoms with Crippen LogP contribution in [0.3, 0.4) is 0 Å². The third-order valence-electron chi connectivity index (χ3n) is 2.74. The van der Waals surface area contributed by atoms with Crippen LogP contribution in [0.4, 0.5) is 10.1 Å². The van der Waals surface area contributed by atoms with Gasteiger partial charge in [0.25, 0.3) is 0 Å². The monoisotopic (exact) mass is 437 g/mol. The molecule has 19 heavy (non-hydrogen) atoms. The number of carbonyl (C=O) groups is 1. The highest BCUT2D eigenvalue weighted by atomic mass is 127. The Labute approximate surface area is 132 Å². The summed E-state index contributed by atoms with van der Waals surface area (Å²) in [6.45, 7) is -0.154. The molecule has 104 valence electrons. The second-order valence-corrected chi connectivity index (χ2v) is 8.53. The Kier molecular flexibility index (Phi) is 4.29. The number of rotatable bonds is 2. The number of hydrogen-bond acceptors (Lipinski definition) is 3. The highest BCUT2D eigenvalue weighted by molar-refractivity contribution is 14.1. The Morgan fingerprint density at radius 2 is 2.05 bits per heavy atom. The lowest BCUT2D eigenvalue weighted by Crippen LogP contribution is -2.28. The van der Waals surface area contributed by atoms with Gasteiger partial charge in [-0.3, -0.25) is 4.79 Å². The first-order chi connectivity index (χ1) is 8.70. The summed E-state index contributed by atoms with van der Waals surface area (Å²) < 4.78 is 36.8. The van der Waals surface area contributed by atoms with Crippen LogP contribution in [0.15, 0.2) is 12.1 Å². The predicted octanol–water partition coefficient (Wildman–Crippen LogP) is 2.76. The van der Waals surface area contributed by atoms with Crippen LogP contribution < -0.4 is 4.90 Å². The van der Waals surface area contributed by atoms with E-state index in [-0.39, 0.29) is 23.7 Å². The van der Waals surface area contributed by atoms with Gasteiger partial charge in [0, 0.05) is 32.2 Å². The largest absolute Gasteiger partial charge is 0.307 e.